The van der Waals surface area contributed by atoms with Crippen molar-refractivity contribution in [3.8, 4) is 5.75 Å². The van der Waals surface area contributed by atoms with Gasteiger partial charge in [-0.15, -0.1) is 0 Å². The van der Waals surface area contributed by atoms with Crippen LogP contribution in [0.3, 0.4) is 0 Å². The van der Waals surface area contributed by atoms with E-state index in [2.05, 4.69) is 20.6 Å². The lowest BCUT2D eigenvalue weighted by Crippen LogP contribution is -2.13. The summed E-state index contributed by atoms with van der Waals surface area (Å²) in [7, 11) is 0. The molecule has 0 atom stereocenters. The summed E-state index contributed by atoms with van der Waals surface area (Å²) in [5.41, 5.74) is 0.933. The fraction of sp³-hybridized carbons (Fsp3) is 0.333. The molecule has 0 spiro atoms. The number of aryl methyl sites for hydroxylation is 1. The van der Waals surface area contributed by atoms with Crippen molar-refractivity contribution >= 4 is 11.8 Å². The van der Waals surface area contributed by atoms with Crippen molar-refractivity contribution in [2.75, 3.05) is 30.3 Å². The van der Waals surface area contributed by atoms with E-state index in [0.29, 0.717) is 19.1 Å². The van der Waals surface area contributed by atoms with Crippen LogP contribution in [0.15, 0.2) is 36.4 Å². The van der Waals surface area contributed by atoms with Crippen LogP contribution in [-0.2, 0) is 0 Å². The Kier molecular flexibility index (Phi) is 5.17. The van der Waals surface area contributed by atoms with Crippen LogP contribution in [0.2, 0.25) is 0 Å². The first-order valence-electron chi connectivity index (χ1n) is 6.79. The second-order valence-corrected chi connectivity index (χ2v) is 4.34. The zero-order valence-electron chi connectivity index (χ0n) is 11.9. The van der Waals surface area contributed by atoms with E-state index in [1.165, 1.54) is 0 Å². The van der Waals surface area contributed by atoms with Gasteiger partial charge in [0.15, 0.2) is 0 Å². The number of nitrogens with zero attached hydrogens (tertiary/aromatic N) is 2. The number of anilines is 2. The molecule has 0 saturated heterocycles. The van der Waals surface area contributed by atoms with Crippen molar-refractivity contribution in [2.24, 2.45) is 0 Å². The summed E-state index contributed by atoms with van der Waals surface area (Å²) in [4.78, 5) is 8.68. The van der Waals surface area contributed by atoms with E-state index in [4.69, 9.17) is 4.74 Å². The fourth-order valence-electron chi connectivity index (χ4n) is 1.76. The number of para-hydroxylation sites is 1. The van der Waals surface area contributed by atoms with Crippen molar-refractivity contribution in [2.45, 2.75) is 13.8 Å². The highest BCUT2D eigenvalue weighted by molar-refractivity contribution is 5.42. The lowest BCUT2D eigenvalue weighted by atomic mass is 10.3. The number of nitrogens with one attached hydrogen (secondary N) is 2. The topological polar surface area (TPSA) is 59.1 Å². The summed E-state index contributed by atoms with van der Waals surface area (Å²) in [6.45, 7) is 6.06. The molecule has 1 heterocycles. The molecule has 0 aliphatic rings. The van der Waals surface area contributed by atoms with Gasteiger partial charge in [-0.25, -0.2) is 4.98 Å². The first-order valence-corrected chi connectivity index (χ1v) is 6.79. The molecule has 106 valence electrons. The van der Waals surface area contributed by atoms with E-state index in [1.807, 2.05) is 50.2 Å². The van der Waals surface area contributed by atoms with E-state index < -0.39 is 0 Å². The first kappa shape index (κ1) is 14.1. The second kappa shape index (κ2) is 7.33. The SMILES string of the molecule is CCNc1nc(C)cc(NCCOc2ccccc2)n1. The molecular weight excluding hydrogens is 252 g/mol. The summed E-state index contributed by atoms with van der Waals surface area (Å²) in [5.74, 6) is 2.34. The Balaban J connectivity index is 1.81. The first-order chi connectivity index (χ1) is 9.78. The predicted octanol–water partition coefficient (Wildman–Crippen LogP) is 2.71. The van der Waals surface area contributed by atoms with Gasteiger partial charge < -0.3 is 15.4 Å². The van der Waals surface area contributed by atoms with Crippen LogP contribution in [0.25, 0.3) is 0 Å². The molecular formula is C15H20N4O. The normalized spacial score (nSPS) is 10.1. The maximum atomic E-state index is 5.61. The molecule has 5 heteroatoms. The maximum absolute atomic E-state index is 5.61. The Hall–Kier alpha value is -2.30. The summed E-state index contributed by atoms with van der Waals surface area (Å²) < 4.78 is 5.61. The van der Waals surface area contributed by atoms with Gasteiger partial charge in [-0.3, -0.25) is 0 Å². The van der Waals surface area contributed by atoms with E-state index in [0.717, 1.165) is 23.8 Å². The molecule has 0 amide bonds. The van der Waals surface area contributed by atoms with Gasteiger partial charge >= 0.3 is 0 Å². The van der Waals surface area contributed by atoms with Crippen LogP contribution in [0, 0.1) is 6.92 Å². The largest absolute Gasteiger partial charge is 0.492 e. The Labute approximate surface area is 119 Å². The molecule has 1 aromatic heterocycles. The van der Waals surface area contributed by atoms with Crippen LogP contribution in [0.4, 0.5) is 11.8 Å². The number of hydrogen-bond acceptors (Lipinski definition) is 5. The molecule has 2 rings (SSSR count). The van der Waals surface area contributed by atoms with Gasteiger partial charge in [0.1, 0.15) is 18.2 Å². The minimum Gasteiger partial charge on any atom is -0.492 e. The van der Waals surface area contributed by atoms with Crippen LogP contribution in [0.1, 0.15) is 12.6 Å². The zero-order valence-corrected chi connectivity index (χ0v) is 11.9. The number of hydrogen-bond donors (Lipinski definition) is 2. The van der Waals surface area contributed by atoms with Gasteiger partial charge in [0.2, 0.25) is 5.95 Å². The number of aromatic nitrogens is 2. The minimum absolute atomic E-state index is 0.587. The average molecular weight is 272 g/mol. The smallest absolute Gasteiger partial charge is 0.224 e. The van der Waals surface area contributed by atoms with Gasteiger partial charge in [0, 0.05) is 18.3 Å². The highest BCUT2D eigenvalue weighted by Crippen LogP contribution is 2.10. The fourth-order valence-corrected chi connectivity index (χ4v) is 1.76. The number of ether oxygens (including phenoxy) is 1. The molecule has 5 nitrogen and oxygen atoms in total. The Morgan fingerprint density at radius 2 is 1.90 bits per heavy atom. The van der Waals surface area contributed by atoms with Gasteiger partial charge in [-0.05, 0) is 26.0 Å². The highest BCUT2D eigenvalue weighted by atomic mass is 16.5. The number of benzene rings is 1. The Morgan fingerprint density at radius 1 is 1.10 bits per heavy atom. The molecule has 0 unspecified atom stereocenters. The van der Waals surface area contributed by atoms with Crippen LogP contribution < -0.4 is 15.4 Å². The lowest BCUT2D eigenvalue weighted by Gasteiger charge is -2.10. The van der Waals surface area contributed by atoms with Crippen LogP contribution in [-0.4, -0.2) is 29.7 Å². The third kappa shape index (κ3) is 4.42. The molecule has 1 aromatic carbocycles. The van der Waals surface area contributed by atoms with Crippen molar-refractivity contribution in [3.63, 3.8) is 0 Å². The molecule has 0 bridgehead atoms. The molecule has 0 fully saturated rings. The second-order valence-electron chi connectivity index (χ2n) is 4.34. The quantitative estimate of drug-likeness (QED) is 0.759. The molecule has 2 N–H and O–H groups in total. The van der Waals surface area contributed by atoms with Gasteiger partial charge in [-0.2, -0.15) is 4.98 Å². The van der Waals surface area contributed by atoms with Crippen molar-refractivity contribution < 1.29 is 4.74 Å². The standard InChI is InChI=1S/C15H20N4O/c1-3-16-15-18-12(2)11-14(19-15)17-9-10-20-13-7-5-4-6-8-13/h4-8,11H,3,9-10H2,1-2H3,(H2,16,17,18,19). The maximum Gasteiger partial charge on any atom is 0.224 e. The minimum atomic E-state index is 0.587. The monoisotopic (exact) mass is 272 g/mol. The molecule has 20 heavy (non-hydrogen) atoms. The summed E-state index contributed by atoms with van der Waals surface area (Å²) in [6.07, 6.45) is 0. The van der Waals surface area contributed by atoms with Crippen molar-refractivity contribution in [1.82, 2.24) is 9.97 Å². The third-order valence-corrected chi connectivity index (χ3v) is 2.61. The van der Waals surface area contributed by atoms with E-state index in [9.17, 15) is 0 Å². The van der Waals surface area contributed by atoms with Gasteiger partial charge in [0.05, 0.1) is 6.54 Å². The predicted molar refractivity (Wildman–Crippen MR) is 81.4 cm³/mol. The third-order valence-electron chi connectivity index (χ3n) is 2.61. The van der Waals surface area contributed by atoms with Crippen LogP contribution in [0.5, 0.6) is 5.75 Å². The highest BCUT2D eigenvalue weighted by Gasteiger charge is 2.00. The van der Waals surface area contributed by atoms with Crippen LogP contribution >= 0.6 is 0 Å². The zero-order chi connectivity index (χ0) is 14.2. The lowest BCUT2D eigenvalue weighted by molar-refractivity contribution is 0.333. The summed E-state index contributed by atoms with van der Waals surface area (Å²) >= 11 is 0. The van der Waals surface area contributed by atoms with Gasteiger partial charge in [-0.1, -0.05) is 18.2 Å². The van der Waals surface area contributed by atoms with Crippen molar-refractivity contribution in [1.29, 1.82) is 0 Å². The molecule has 0 aliphatic heterocycles. The molecule has 0 aliphatic carbocycles. The van der Waals surface area contributed by atoms with E-state index in [1.54, 1.807) is 0 Å². The molecule has 0 radical (unpaired) electrons. The Bertz CT molecular complexity index is 531. The van der Waals surface area contributed by atoms with Crippen molar-refractivity contribution in [3.05, 3.63) is 42.1 Å². The van der Waals surface area contributed by atoms with E-state index in [-0.39, 0.29) is 0 Å². The van der Waals surface area contributed by atoms with E-state index >= 15 is 0 Å². The molecule has 2 aromatic rings. The molecule has 0 saturated carbocycles. The number of rotatable bonds is 7. The average Bonchev–Trinajstić information content (AvgIpc) is 2.45. The summed E-state index contributed by atoms with van der Waals surface area (Å²) in [6, 6.07) is 11.7. The Morgan fingerprint density at radius 3 is 2.65 bits per heavy atom. The van der Waals surface area contributed by atoms with Gasteiger partial charge in [0.25, 0.3) is 0 Å². The summed E-state index contributed by atoms with van der Waals surface area (Å²) in [5, 5.41) is 6.35.